The van der Waals surface area contributed by atoms with Crippen LogP contribution in [0.15, 0.2) is 12.2 Å². The van der Waals surface area contributed by atoms with Crippen molar-refractivity contribution in [3.8, 4) is 0 Å². The number of fused-ring (bicyclic) bond motifs is 2. The van der Waals surface area contributed by atoms with Crippen molar-refractivity contribution in [1.82, 2.24) is 0 Å². The molecule has 0 radical (unpaired) electrons. The van der Waals surface area contributed by atoms with E-state index in [1.165, 1.54) is 0 Å². The first-order valence-corrected chi connectivity index (χ1v) is 4.48. The van der Waals surface area contributed by atoms with Crippen LogP contribution in [0.2, 0.25) is 0 Å². The average Bonchev–Trinajstić information content (AvgIpc) is 2.14. The summed E-state index contributed by atoms with van der Waals surface area (Å²) in [5.74, 6) is 0.891. The molecule has 0 spiro atoms. The minimum atomic E-state index is -0.561. The molecule has 0 unspecified atom stereocenters. The third kappa shape index (κ3) is 0.816. The zero-order chi connectivity index (χ0) is 8.77. The predicted molar refractivity (Wildman–Crippen MR) is 45.8 cm³/mol. The maximum absolute atomic E-state index is 11.8. The van der Waals surface area contributed by atoms with Crippen molar-refractivity contribution >= 4 is 5.78 Å². The van der Waals surface area contributed by atoms with E-state index in [2.05, 4.69) is 6.08 Å². The quantitative estimate of drug-likeness (QED) is 0.552. The SMILES string of the molecule is CO[C@]12C=C[C@@H](CC1)[C@@H](C)C2=O. The lowest BCUT2D eigenvalue weighted by molar-refractivity contribution is -0.147. The first-order valence-electron chi connectivity index (χ1n) is 4.48. The van der Waals surface area contributed by atoms with Gasteiger partial charge in [0.25, 0.3) is 0 Å². The molecule has 12 heavy (non-hydrogen) atoms. The van der Waals surface area contributed by atoms with Gasteiger partial charge in [0, 0.05) is 13.0 Å². The number of rotatable bonds is 1. The summed E-state index contributed by atoms with van der Waals surface area (Å²) in [6.45, 7) is 2.00. The molecule has 2 heteroatoms. The molecule has 3 rings (SSSR count). The van der Waals surface area contributed by atoms with Crippen molar-refractivity contribution < 1.29 is 9.53 Å². The van der Waals surface area contributed by atoms with E-state index in [9.17, 15) is 4.79 Å². The largest absolute Gasteiger partial charge is 0.366 e. The van der Waals surface area contributed by atoms with Crippen LogP contribution in [0, 0.1) is 11.8 Å². The maximum Gasteiger partial charge on any atom is 0.171 e. The van der Waals surface area contributed by atoms with Crippen LogP contribution in [0.4, 0.5) is 0 Å². The summed E-state index contributed by atoms with van der Waals surface area (Å²) in [5.41, 5.74) is -0.561. The molecule has 0 aromatic heterocycles. The lowest BCUT2D eigenvalue weighted by Gasteiger charge is -2.42. The van der Waals surface area contributed by atoms with Crippen LogP contribution in [-0.4, -0.2) is 18.5 Å². The fourth-order valence-corrected chi connectivity index (χ4v) is 2.31. The molecule has 3 aliphatic rings. The summed E-state index contributed by atoms with van der Waals surface area (Å²) < 4.78 is 5.31. The number of Topliss-reactive ketones (excluding diaryl/α,β-unsaturated/α-hetero) is 1. The van der Waals surface area contributed by atoms with Gasteiger partial charge in [-0.3, -0.25) is 4.79 Å². The minimum absolute atomic E-state index is 0.156. The van der Waals surface area contributed by atoms with Crippen LogP contribution in [0.1, 0.15) is 19.8 Å². The van der Waals surface area contributed by atoms with Gasteiger partial charge < -0.3 is 4.74 Å². The average molecular weight is 166 g/mol. The fraction of sp³-hybridized carbons (Fsp3) is 0.700. The molecule has 66 valence electrons. The molecular formula is C10H14O2. The van der Waals surface area contributed by atoms with Crippen molar-refractivity contribution in [3.05, 3.63) is 12.2 Å². The summed E-state index contributed by atoms with van der Waals surface area (Å²) in [5, 5.41) is 0. The van der Waals surface area contributed by atoms with E-state index in [4.69, 9.17) is 4.74 Å². The number of methoxy groups -OCH3 is 1. The Labute approximate surface area is 72.6 Å². The van der Waals surface area contributed by atoms with Gasteiger partial charge in [-0.1, -0.05) is 13.0 Å². The van der Waals surface area contributed by atoms with Gasteiger partial charge in [0.2, 0.25) is 0 Å². The number of carbonyl (C=O) groups excluding carboxylic acids is 1. The molecule has 2 nitrogen and oxygen atoms in total. The topological polar surface area (TPSA) is 26.3 Å². The summed E-state index contributed by atoms with van der Waals surface area (Å²) >= 11 is 0. The van der Waals surface area contributed by atoms with E-state index in [0.29, 0.717) is 5.92 Å². The van der Waals surface area contributed by atoms with Gasteiger partial charge in [-0.05, 0) is 24.8 Å². The van der Waals surface area contributed by atoms with Gasteiger partial charge in [0.05, 0.1) is 0 Å². The Kier molecular flexibility index (Phi) is 1.62. The first-order chi connectivity index (χ1) is 5.69. The Morgan fingerprint density at radius 3 is 2.83 bits per heavy atom. The van der Waals surface area contributed by atoms with Gasteiger partial charge in [-0.15, -0.1) is 0 Å². The van der Waals surface area contributed by atoms with Crippen LogP contribution in [0.5, 0.6) is 0 Å². The normalized spacial score (nSPS) is 45.3. The molecule has 0 saturated heterocycles. The van der Waals surface area contributed by atoms with Crippen molar-refractivity contribution in [1.29, 1.82) is 0 Å². The molecule has 3 aliphatic carbocycles. The van der Waals surface area contributed by atoms with Gasteiger partial charge in [-0.25, -0.2) is 0 Å². The highest BCUT2D eigenvalue weighted by Gasteiger charge is 2.48. The van der Waals surface area contributed by atoms with Gasteiger partial charge in [-0.2, -0.15) is 0 Å². The van der Waals surface area contributed by atoms with Gasteiger partial charge in [0.15, 0.2) is 5.78 Å². The molecule has 1 saturated carbocycles. The maximum atomic E-state index is 11.8. The molecular weight excluding hydrogens is 152 g/mol. The molecule has 0 aromatic carbocycles. The second-order valence-corrected chi connectivity index (χ2v) is 3.81. The minimum Gasteiger partial charge on any atom is -0.366 e. The summed E-state index contributed by atoms with van der Waals surface area (Å²) in [6.07, 6.45) is 6.05. The number of hydrogen-bond donors (Lipinski definition) is 0. The Balaban J connectivity index is 2.40. The Hall–Kier alpha value is -0.630. The standard InChI is InChI=1S/C10H14O2/c1-7-8-3-5-10(12-2,6-4-8)9(7)11/h3,5,7-8H,4,6H2,1-2H3/t7-,8+,10-/m1/s1. The first kappa shape index (κ1) is 7.99. The second kappa shape index (κ2) is 2.43. The Morgan fingerprint density at radius 2 is 2.42 bits per heavy atom. The van der Waals surface area contributed by atoms with Crippen LogP contribution in [-0.2, 0) is 9.53 Å². The lowest BCUT2D eigenvalue weighted by atomic mass is 9.66. The summed E-state index contributed by atoms with van der Waals surface area (Å²) in [4.78, 5) is 11.8. The van der Waals surface area contributed by atoms with Crippen molar-refractivity contribution in [2.24, 2.45) is 11.8 Å². The van der Waals surface area contributed by atoms with Gasteiger partial charge in [0.1, 0.15) is 5.60 Å². The van der Waals surface area contributed by atoms with E-state index in [-0.39, 0.29) is 11.7 Å². The van der Waals surface area contributed by atoms with E-state index in [1.807, 2.05) is 13.0 Å². The van der Waals surface area contributed by atoms with Crippen LogP contribution >= 0.6 is 0 Å². The Bertz CT molecular complexity index is 244. The van der Waals surface area contributed by atoms with Crippen molar-refractivity contribution in [3.63, 3.8) is 0 Å². The zero-order valence-corrected chi connectivity index (χ0v) is 7.54. The highest BCUT2D eigenvalue weighted by Crippen LogP contribution is 2.41. The number of ketones is 1. The van der Waals surface area contributed by atoms with Gasteiger partial charge >= 0.3 is 0 Å². The molecule has 1 fully saturated rings. The highest BCUT2D eigenvalue weighted by atomic mass is 16.5. The fourth-order valence-electron chi connectivity index (χ4n) is 2.31. The zero-order valence-electron chi connectivity index (χ0n) is 7.54. The molecule has 3 atom stereocenters. The van der Waals surface area contributed by atoms with Crippen molar-refractivity contribution in [2.45, 2.75) is 25.4 Å². The number of ether oxygens (including phenoxy) is 1. The molecule has 0 heterocycles. The predicted octanol–water partition coefficient (Wildman–Crippen LogP) is 1.56. The van der Waals surface area contributed by atoms with Crippen LogP contribution in [0.25, 0.3) is 0 Å². The van der Waals surface area contributed by atoms with Crippen LogP contribution in [0.3, 0.4) is 0 Å². The molecule has 0 aliphatic heterocycles. The van der Waals surface area contributed by atoms with E-state index in [1.54, 1.807) is 7.11 Å². The van der Waals surface area contributed by atoms with E-state index in [0.717, 1.165) is 12.8 Å². The lowest BCUT2D eigenvalue weighted by Crippen LogP contribution is -2.51. The second-order valence-electron chi connectivity index (χ2n) is 3.81. The number of hydrogen-bond acceptors (Lipinski definition) is 2. The monoisotopic (exact) mass is 166 g/mol. The van der Waals surface area contributed by atoms with E-state index >= 15 is 0 Å². The Morgan fingerprint density at radius 1 is 1.67 bits per heavy atom. The number of carbonyl (C=O) groups is 1. The third-order valence-electron chi connectivity index (χ3n) is 3.30. The molecule has 0 aromatic rings. The van der Waals surface area contributed by atoms with E-state index < -0.39 is 5.60 Å². The van der Waals surface area contributed by atoms with Crippen molar-refractivity contribution in [2.75, 3.05) is 7.11 Å². The van der Waals surface area contributed by atoms with Crippen LogP contribution < -0.4 is 0 Å². The smallest absolute Gasteiger partial charge is 0.171 e. The molecule has 2 bridgehead atoms. The number of allylic oxidation sites excluding steroid dienone is 1. The molecule has 0 amide bonds. The highest BCUT2D eigenvalue weighted by molar-refractivity contribution is 5.93. The third-order valence-corrected chi connectivity index (χ3v) is 3.30. The summed E-state index contributed by atoms with van der Waals surface area (Å²) in [6, 6.07) is 0. The summed E-state index contributed by atoms with van der Waals surface area (Å²) in [7, 11) is 1.63. The molecule has 0 N–H and O–H groups in total.